The van der Waals surface area contributed by atoms with Crippen LogP contribution in [0.2, 0.25) is 0 Å². The van der Waals surface area contributed by atoms with Crippen molar-refractivity contribution in [2.75, 3.05) is 0 Å². The number of hydrogen-bond donors (Lipinski definition) is 0. The topological polar surface area (TPSA) is 0 Å². The Morgan fingerprint density at radius 1 is 1.00 bits per heavy atom. The van der Waals surface area contributed by atoms with Crippen molar-refractivity contribution in [1.29, 1.82) is 0 Å². The molecular formula is C15H28. The molecule has 0 aliphatic heterocycles. The fourth-order valence-electron chi connectivity index (χ4n) is 4.84. The van der Waals surface area contributed by atoms with E-state index in [1.54, 1.807) is 0 Å². The highest BCUT2D eigenvalue weighted by atomic mass is 14.6. The van der Waals surface area contributed by atoms with Gasteiger partial charge >= 0.3 is 0 Å². The van der Waals surface area contributed by atoms with E-state index in [-0.39, 0.29) is 0 Å². The third-order valence-electron chi connectivity index (χ3n) is 6.43. The van der Waals surface area contributed by atoms with Crippen LogP contribution in [0.4, 0.5) is 0 Å². The molecule has 0 amide bonds. The quantitative estimate of drug-likeness (QED) is 0.576. The average Bonchev–Trinajstić information content (AvgIpc) is 2.52. The minimum absolute atomic E-state index is 0.582. The fourth-order valence-corrected chi connectivity index (χ4v) is 4.84. The predicted molar refractivity (Wildman–Crippen MR) is 66.8 cm³/mol. The van der Waals surface area contributed by atoms with Crippen LogP contribution in [0.5, 0.6) is 0 Å². The van der Waals surface area contributed by atoms with Gasteiger partial charge in [0, 0.05) is 0 Å². The van der Waals surface area contributed by atoms with Gasteiger partial charge in [-0.1, -0.05) is 34.6 Å². The van der Waals surface area contributed by atoms with E-state index in [4.69, 9.17) is 0 Å². The van der Waals surface area contributed by atoms with E-state index in [9.17, 15) is 0 Å². The van der Waals surface area contributed by atoms with Gasteiger partial charge in [-0.2, -0.15) is 0 Å². The minimum atomic E-state index is 0.582. The highest BCUT2D eigenvalue weighted by Crippen LogP contribution is 2.64. The van der Waals surface area contributed by atoms with E-state index >= 15 is 0 Å². The summed E-state index contributed by atoms with van der Waals surface area (Å²) in [5, 5.41) is 0. The lowest BCUT2D eigenvalue weighted by Crippen LogP contribution is -2.46. The van der Waals surface area contributed by atoms with Gasteiger partial charge in [0.2, 0.25) is 0 Å². The average molecular weight is 208 g/mol. The van der Waals surface area contributed by atoms with Crippen LogP contribution in [0.3, 0.4) is 0 Å². The summed E-state index contributed by atoms with van der Waals surface area (Å²) in [6.07, 6.45) is 7.34. The van der Waals surface area contributed by atoms with E-state index in [0.29, 0.717) is 10.8 Å². The first-order chi connectivity index (χ1) is 6.95. The first-order valence-corrected chi connectivity index (χ1v) is 6.95. The molecule has 0 saturated heterocycles. The molecule has 0 aromatic rings. The zero-order chi connectivity index (χ0) is 11.3. The Morgan fingerprint density at radius 3 is 2.27 bits per heavy atom. The molecule has 2 fully saturated rings. The second kappa shape index (κ2) is 3.50. The summed E-state index contributed by atoms with van der Waals surface area (Å²) < 4.78 is 0. The van der Waals surface area contributed by atoms with E-state index in [0.717, 1.165) is 17.8 Å². The molecule has 0 nitrogen and oxygen atoms in total. The normalized spacial score (nSPS) is 49.0. The van der Waals surface area contributed by atoms with Crippen LogP contribution in [0.1, 0.15) is 66.7 Å². The molecule has 2 aliphatic rings. The lowest BCUT2D eigenvalue weighted by Gasteiger charge is -2.54. The summed E-state index contributed by atoms with van der Waals surface area (Å²) in [5.41, 5.74) is 1.29. The van der Waals surface area contributed by atoms with Gasteiger partial charge in [0.25, 0.3) is 0 Å². The molecule has 4 atom stereocenters. The molecule has 0 N–H and O–H groups in total. The Bertz CT molecular complexity index is 240. The fraction of sp³-hybridized carbons (Fsp3) is 1.00. The van der Waals surface area contributed by atoms with Crippen LogP contribution in [0.25, 0.3) is 0 Å². The van der Waals surface area contributed by atoms with E-state index in [1.807, 2.05) is 0 Å². The van der Waals surface area contributed by atoms with Crippen LogP contribution in [0, 0.1) is 28.6 Å². The van der Waals surface area contributed by atoms with Crippen LogP contribution >= 0.6 is 0 Å². The third-order valence-corrected chi connectivity index (χ3v) is 6.43. The van der Waals surface area contributed by atoms with Gasteiger partial charge < -0.3 is 0 Å². The van der Waals surface area contributed by atoms with Crippen LogP contribution in [-0.2, 0) is 0 Å². The predicted octanol–water partition coefficient (Wildman–Crippen LogP) is 4.89. The number of hydrogen-bond acceptors (Lipinski definition) is 0. The highest BCUT2D eigenvalue weighted by molar-refractivity contribution is 5.05. The van der Waals surface area contributed by atoms with Gasteiger partial charge in [-0.15, -0.1) is 0 Å². The Hall–Kier alpha value is 0. The minimum Gasteiger partial charge on any atom is -0.0648 e. The first-order valence-electron chi connectivity index (χ1n) is 6.95. The monoisotopic (exact) mass is 208 g/mol. The summed E-state index contributed by atoms with van der Waals surface area (Å²) in [6.45, 7) is 12.5. The maximum atomic E-state index is 2.53. The smallest absolute Gasteiger partial charge is 0.0241 e. The van der Waals surface area contributed by atoms with Crippen molar-refractivity contribution >= 4 is 0 Å². The van der Waals surface area contributed by atoms with Crippen molar-refractivity contribution < 1.29 is 0 Å². The zero-order valence-corrected chi connectivity index (χ0v) is 11.3. The Labute approximate surface area is 95.8 Å². The van der Waals surface area contributed by atoms with Crippen molar-refractivity contribution in [2.24, 2.45) is 28.6 Å². The molecule has 15 heavy (non-hydrogen) atoms. The molecule has 0 aromatic heterocycles. The summed E-state index contributed by atoms with van der Waals surface area (Å²) in [5.74, 6) is 2.89. The molecule has 0 spiro atoms. The summed E-state index contributed by atoms with van der Waals surface area (Å²) >= 11 is 0. The first kappa shape index (κ1) is 11.5. The SMILES string of the molecule is CC[C@]12CCC(C)C(C)(C)[C@@H]1CC[C@H]2C. The summed E-state index contributed by atoms with van der Waals surface area (Å²) in [6, 6.07) is 0. The molecule has 0 heterocycles. The molecule has 0 aromatic carbocycles. The molecule has 2 aliphatic carbocycles. The lowest BCUT2D eigenvalue weighted by atomic mass is 9.51. The highest BCUT2D eigenvalue weighted by Gasteiger charge is 2.56. The molecular weight excluding hydrogens is 180 g/mol. The van der Waals surface area contributed by atoms with Gasteiger partial charge in [-0.3, -0.25) is 0 Å². The van der Waals surface area contributed by atoms with Crippen LogP contribution in [-0.4, -0.2) is 0 Å². The van der Waals surface area contributed by atoms with Gasteiger partial charge in [-0.05, 0) is 60.7 Å². The van der Waals surface area contributed by atoms with Crippen molar-refractivity contribution in [3.8, 4) is 0 Å². The van der Waals surface area contributed by atoms with Crippen molar-refractivity contribution in [3.63, 3.8) is 0 Å². The van der Waals surface area contributed by atoms with E-state index in [1.165, 1.54) is 32.1 Å². The lowest BCUT2D eigenvalue weighted by molar-refractivity contribution is -0.0482. The maximum absolute atomic E-state index is 2.53. The number of rotatable bonds is 1. The van der Waals surface area contributed by atoms with Gasteiger partial charge in [-0.25, -0.2) is 0 Å². The largest absolute Gasteiger partial charge is 0.0648 e. The maximum Gasteiger partial charge on any atom is -0.0241 e. The van der Waals surface area contributed by atoms with Crippen molar-refractivity contribution in [2.45, 2.75) is 66.7 Å². The second-order valence-corrected chi connectivity index (χ2v) is 6.88. The van der Waals surface area contributed by atoms with Gasteiger partial charge in [0.1, 0.15) is 0 Å². The molecule has 0 bridgehead atoms. The summed E-state index contributed by atoms with van der Waals surface area (Å²) in [4.78, 5) is 0. The number of fused-ring (bicyclic) bond motifs is 1. The Balaban J connectivity index is 2.34. The van der Waals surface area contributed by atoms with Crippen LogP contribution < -0.4 is 0 Å². The van der Waals surface area contributed by atoms with Crippen molar-refractivity contribution in [3.05, 3.63) is 0 Å². The molecule has 0 heteroatoms. The van der Waals surface area contributed by atoms with E-state index < -0.39 is 0 Å². The molecule has 88 valence electrons. The Morgan fingerprint density at radius 2 is 1.67 bits per heavy atom. The molecule has 1 unspecified atom stereocenters. The Kier molecular flexibility index (Phi) is 2.68. The van der Waals surface area contributed by atoms with Crippen LogP contribution in [0.15, 0.2) is 0 Å². The molecule has 2 saturated carbocycles. The molecule has 2 rings (SSSR count). The molecule has 0 radical (unpaired) electrons. The third kappa shape index (κ3) is 1.40. The second-order valence-electron chi connectivity index (χ2n) is 6.88. The standard InChI is InChI=1S/C15H28/c1-6-15-10-9-11(2)14(4,5)13(15)8-7-12(15)3/h11-13H,6-10H2,1-5H3/t11?,12-,13+,15-/m1/s1. The van der Waals surface area contributed by atoms with Crippen molar-refractivity contribution in [1.82, 2.24) is 0 Å². The van der Waals surface area contributed by atoms with Gasteiger partial charge in [0.15, 0.2) is 0 Å². The van der Waals surface area contributed by atoms with Gasteiger partial charge in [0.05, 0.1) is 0 Å². The zero-order valence-electron chi connectivity index (χ0n) is 11.3. The van der Waals surface area contributed by atoms with E-state index in [2.05, 4.69) is 34.6 Å². The summed E-state index contributed by atoms with van der Waals surface area (Å²) in [7, 11) is 0.